The number of halogens is 3. The minimum Gasteiger partial charge on any atom is -0.370 e. The van der Waals surface area contributed by atoms with E-state index in [-0.39, 0.29) is 34.8 Å². The second kappa shape index (κ2) is 17.4. The monoisotopic (exact) mass is 883 g/mol. The Labute approximate surface area is 361 Å². The molecule has 0 bridgehead atoms. The lowest BCUT2D eigenvalue weighted by Gasteiger charge is -2.55. The van der Waals surface area contributed by atoms with Gasteiger partial charge in [-0.3, -0.25) is 24.3 Å². The first kappa shape index (κ1) is 42.7. The second-order valence-electron chi connectivity index (χ2n) is 17.8. The predicted octanol–water partition coefficient (Wildman–Crippen LogP) is 10.4. The molecule has 11 heteroatoms. The number of nitrogens with zero attached hydrogens (tertiary/aromatic N) is 4. The van der Waals surface area contributed by atoms with Gasteiger partial charge in [0.2, 0.25) is 11.8 Å². The molecule has 1 unspecified atom stereocenters. The molecule has 2 amide bonds. The van der Waals surface area contributed by atoms with E-state index < -0.39 is 29.4 Å². The quantitative estimate of drug-likeness (QED) is 0.201. The van der Waals surface area contributed by atoms with Crippen LogP contribution in [0.3, 0.4) is 0 Å². The summed E-state index contributed by atoms with van der Waals surface area (Å²) in [5, 5.41) is 2.86. The van der Waals surface area contributed by atoms with E-state index in [1.54, 1.807) is 0 Å². The van der Waals surface area contributed by atoms with Gasteiger partial charge in [0.15, 0.2) is 0 Å². The summed E-state index contributed by atoms with van der Waals surface area (Å²) in [6.45, 7) is 12.8. The summed E-state index contributed by atoms with van der Waals surface area (Å²) in [4.78, 5) is 46.8. The number of carbonyl (C=O) groups excluding carboxylic acids is 2. The minimum atomic E-state index is -0.981. The summed E-state index contributed by atoms with van der Waals surface area (Å²) in [6.07, 6.45) is 12.8. The molecule has 2 spiro atoms. The van der Waals surface area contributed by atoms with Gasteiger partial charge in [0, 0.05) is 47.2 Å². The van der Waals surface area contributed by atoms with Crippen LogP contribution in [-0.4, -0.2) is 59.0 Å². The zero-order valence-corrected chi connectivity index (χ0v) is 37.3. The highest BCUT2D eigenvalue weighted by Crippen LogP contribution is 2.53. The first-order valence-electron chi connectivity index (χ1n) is 22.8. The van der Waals surface area contributed by atoms with Crippen LogP contribution in [-0.2, 0) is 15.0 Å². The summed E-state index contributed by atoms with van der Waals surface area (Å²) in [7, 11) is 0. The van der Waals surface area contributed by atoms with Crippen LogP contribution in [0.15, 0.2) is 57.8 Å². The Morgan fingerprint density at radius 1 is 0.833 bits per heavy atom. The van der Waals surface area contributed by atoms with Crippen molar-refractivity contribution in [1.29, 1.82) is 0 Å². The molecule has 6 aliphatic rings. The van der Waals surface area contributed by atoms with Gasteiger partial charge in [0.25, 0.3) is 5.56 Å². The number of imide groups is 1. The molecule has 3 aromatic carbocycles. The van der Waals surface area contributed by atoms with Crippen LogP contribution < -0.4 is 15.8 Å². The molecule has 1 atom stereocenters. The smallest absolute Gasteiger partial charge is 0.281 e. The van der Waals surface area contributed by atoms with E-state index in [4.69, 9.17) is 4.98 Å². The van der Waals surface area contributed by atoms with Crippen LogP contribution in [0.4, 0.5) is 14.5 Å². The zero-order chi connectivity index (χ0) is 42.3. The number of anilines is 1. The standard InChI is InChI=1S/C45H48BrF2N5O3.2C2H6/c46-33-5-4-6-36-40(33)42(56)50-43-45(15-2-1-3-16-45)32-13-11-29(21-37(32)53(36)43)28-9-7-27(8-10-28)24-51-19-17-44(18-20-51)25-52(26-44)30-22-34(47)39(35(48)23-30)31-12-14-38(54)49-41(31)55;2*1-2/h4-6,11,13,21-23,27-28,31H,1-3,7-10,12,14-20,24-26H2,(H,49,54,55);2*1-2H3. The third-order valence-corrected chi connectivity index (χ3v) is 15.3. The molecule has 1 N–H and O–H groups in total. The van der Waals surface area contributed by atoms with Crippen molar-refractivity contribution >= 4 is 44.3 Å². The molecule has 4 aliphatic heterocycles. The number of fused-ring (bicyclic) bond motifs is 7. The minimum absolute atomic E-state index is 0.0793. The number of rotatable bonds is 5. The lowest BCUT2D eigenvalue weighted by Crippen LogP contribution is -2.60. The van der Waals surface area contributed by atoms with Crippen LogP contribution in [0.25, 0.3) is 16.6 Å². The summed E-state index contributed by atoms with van der Waals surface area (Å²) < 4.78 is 33.5. The fourth-order valence-corrected chi connectivity index (χ4v) is 12.0. The van der Waals surface area contributed by atoms with Crippen LogP contribution in [0.5, 0.6) is 0 Å². The first-order valence-corrected chi connectivity index (χ1v) is 23.6. The molecule has 4 aromatic rings. The van der Waals surface area contributed by atoms with Crippen LogP contribution >= 0.6 is 15.9 Å². The molecule has 5 heterocycles. The van der Waals surface area contributed by atoms with Crippen LogP contribution in [0.2, 0.25) is 0 Å². The highest BCUT2D eigenvalue weighted by molar-refractivity contribution is 9.10. The van der Waals surface area contributed by atoms with Gasteiger partial charge in [-0.05, 0) is 140 Å². The molecule has 5 fully saturated rings. The molecular weight excluding hydrogens is 824 g/mol. The average Bonchev–Trinajstić information content (AvgIpc) is 3.50. The summed E-state index contributed by atoms with van der Waals surface area (Å²) >= 11 is 3.65. The van der Waals surface area contributed by atoms with Crippen molar-refractivity contribution < 1.29 is 18.4 Å². The van der Waals surface area contributed by atoms with Gasteiger partial charge >= 0.3 is 0 Å². The number of nitrogens with one attached hydrogen (secondary N) is 1. The van der Waals surface area contributed by atoms with E-state index in [1.807, 2.05) is 39.8 Å². The molecule has 8 nitrogen and oxygen atoms in total. The molecule has 320 valence electrons. The number of piperidine rings is 2. The van der Waals surface area contributed by atoms with Gasteiger partial charge in [-0.2, -0.15) is 4.98 Å². The Bertz CT molecular complexity index is 2290. The summed E-state index contributed by atoms with van der Waals surface area (Å²) in [6, 6.07) is 15.9. The van der Waals surface area contributed by atoms with E-state index in [0.29, 0.717) is 22.9 Å². The number of hydrogen-bond acceptors (Lipinski definition) is 6. The maximum absolute atomic E-state index is 15.2. The average molecular weight is 885 g/mol. The Hall–Kier alpha value is -3.96. The highest BCUT2D eigenvalue weighted by Gasteiger charge is 2.48. The number of amides is 2. The van der Waals surface area contributed by atoms with Gasteiger partial charge in [0.1, 0.15) is 17.5 Å². The van der Waals surface area contributed by atoms with Gasteiger partial charge in [0.05, 0.1) is 27.9 Å². The van der Waals surface area contributed by atoms with Crippen molar-refractivity contribution in [2.24, 2.45) is 11.3 Å². The second-order valence-corrected chi connectivity index (χ2v) is 18.7. The van der Waals surface area contributed by atoms with Crippen molar-refractivity contribution in [1.82, 2.24) is 19.8 Å². The lowest BCUT2D eigenvalue weighted by molar-refractivity contribution is -0.134. The van der Waals surface area contributed by atoms with Crippen molar-refractivity contribution in [2.45, 2.75) is 128 Å². The Kier molecular flexibility index (Phi) is 12.4. The fraction of sp³-hybridized carbons (Fsp3) is 0.551. The SMILES string of the molecule is CC.CC.O=C1CCC(c2c(F)cc(N3CC4(CCN(CC5CCC(c6ccc7c(c6)-n6c(nc(=O)c8c(Br)cccc86)C76CCCCC6)CC5)CC4)C3)cc2F)C(=O)N1. The van der Waals surface area contributed by atoms with Crippen molar-refractivity contribution in [2.75, 3.05) is 37.6 Å². The largest absolute Gasteiger partial charge is 0.370 e. The molecule has 0 radical (unpaired) electrons. The normalized spacial score (nSPS) is 24.1. The molecular formula is C49H60BrF2N5O3. The van der Waals surface area contributed by atoms with Gasteiger partial charge in [-0.15, -0.1) is 0 Å². The number of carbonyl (C=O) groups is 2. The van der Waals surface area contributed by atoms with Gasteiger partial charge < -0.3 is 9.80 Å². The fourth-order valence-electron chi connectivity index (χ4n) is 11.5. The number of likely N-dealkylation sites (tertiary alicyclic amines) is 1. The lowest BCUT2D eigenvalue weighted by atomic mass is 9.69. The van der Waals surface area contributed by atoms with Crippen LogP contribution in [0.1, 0.15) is 146 Å². The molecule has 1 aromatic heterocycles. The molecule has 3 saturated heterocycles. The van der Waals surface area contributed by atoms with Crippen LogP contribution in [0, 0.1) is 23.0 Å². The number of aromatic nitrogens is 2. The maximum Gasteiger partial charge on any atom is 0.281 e. The summed E-state index contributed by atoms with van der Waals surface area (Å²) in [5.74, 6) is -1.31. The van der Waals surface area contributed by atoms with Crippen molar-refractivity contribution in [3.63, 3.8) is 0 Å². The molecule has 60 heavy (non-hydrogen) atoms. The summed E-state index contributed by atoms with van der Waals surface area (Å²) in [5.41, 5.74) is 5.04. The van der Waals surface area contributed by atoms with E-state index in [2.05, 4.69) is 59.9 Å². The molecule has 2 aliphatic carbocycles. The maximum atomic E-state index is 15.2. The third-order valence-electron chi connectivity index (χ3n) is 14.6. The zero-order valence-electron chi connectivity index (χ0n) is 35.7. The third kappa shape index (κ3) is 7.54. The Morgan fingerprint density at radius 2 is 1.52 bits per heavy atom. The molecule has 10 rings (SSSR count). The Morgan fingerprint density at radius 3 is 2.18 bits per heavy atom. The van der Waals surface area contributed by atoms with E-state index in [9.17, 15) is 14.4 Å². The van der Waals surface area contributed by atoms with Crippen molar-refractivity contribution in [3.8, 4) is 5.69 Å². The van der Waals surface area contributed by atoms with Gasteiger partial charge in [-0.25, -0.2) is 8.78 Å². The number of benzene rings is 3. The van der Waals surface area contributed by atoms with E-state index in [1.165, 1.54) is 61.1 Å². The molecule has 2 saturated carbocycles. The Balaban J connectivity index is 0.00000121. The highest BCUT2D eigenvalue weighted by atomic mass is 79.9. The van der Waals surface area contributed by atoms with Crippen molar-refractivity contribution in [3.05, 3.63) is 97.5 Å². The van der Waals surface area contributed by atoms with E-state index in [0.717, 1.165) is 87.1 Å². The van der Waals surface area contributed by atoms with E-state index >= 15 is 8.78 Å². The number of hydrogen-bond donors (Lipinski definition) is 1. The predicted molar refractivity (Wildman–Crippen MR) is 238 cm³/mol. The van der Waals surface area contributed by atoms with Gasteiger partial charge in [-0.1, -0.05) is 65.2 Å². The first-order chi connectivity index (χ1) is 29.1. The topological polar surface area (TPSA) is 87.5 Å².